The van der Waals surface area contributed by atoms with Crippen molar-refractivity contribution in [2.24, 2.45) is 0 Å². The summed E-state index contributed by atoms with van der Waals surface area (Å²) in [6.45, 7) is 1.50. The predicted octanol–water partition coefficient (Wildman–Crippen LogP) is 4.62. The minimum atomic E-state index is -0.189. The number of aromatic amines is 1. The minimum absolute atomic E-state index is 0.0551. The molecule has 4 rings (SSSR count). The minimum Gasteiger partial charge on any atom is -0.496 e. The average molecular weight is 399 g/mol. The first-order valence-corrected chi connectivity index (χ1v) is 9.56. The quantitative estimate of drug-likeness (QED) is 0.463. The maximum Gasteiger partial charge on any atom is 0.228 e. The molecule has 3 aromatic carbocycles. The van der Waals surface area contributed by atoms with E-state index in [0.717, 1.165) is 22.4 Å². The molecule has 1 amide bonds. The standard InChI is InChI=1S/C24H21N3O3/c1-15(28)17-9-12-22(30-2)18(13-17)14-23(29)25-19-10-7-16(8-11-19)24-26-20-5-3-4-6-21(20)27-24/h3-13H,14H2,1-2H3,(H,25,29)(H,26,27). The van der Waals surface area contributed by atoms with Gasteiger partial charge in [-0.2, -0.15) is 0 Å². The van der Waals surface area contributed by atoms with Gasteiger partial charge in [0.15, 0.2) is 5.78 Å². The lowest BCUT2D eigenvalue weighted by Crippen LogP contribution is -2.15. The van der Waals surface area contributed by atoms with Crippen molar-refractivity contribution in [1.29, 1.82) is 0 Å². The Hall–Kier alpha value is -3.93. The number of para-hydroxylation sites is 2. The molecule has 0 aliphatic carbocycles. The number of hydrogen-bond acceptors (Lipinski definition) is 4. The van der Waals surface area contributed by atoms with Gasteiger partial charge in [-0.25, -0.2) is 4.98 Å². The highest BCUT2D eigenvalue weighted by atomic mass is 16.5. The van der Waals surface area contributed by atoms with Crippen molar-refractivity contribution in [3.63, 3.8) is 0 Å². The van der Waals surface area contributed by atoms with Gasteiger partial charge in [0.1, 0.15) is 11.6 Å². The third-order valence-corrected chi connectivity index (χ3v) is 4.87. The topological polar surface area (TPSA) is 84.1 Å². The summed E-state index contributed by atoms with van der Waals surface area (Å²) in [6.07, 6.45) is 0.107. The molecule has 30 heavy (non-hydrogen) atoms. The number of hydrogen-bond donors (Lipinski definition) is 2. The van der Waals surface area contributed by atoms with E-state index in [1.54, 1.807) is 25.3 Å². The van der Waals surface area contributed by atoms with Crippen molar-refractivity contribution in [3.05, 3.63) is 77.9 Å². The van der Waals surface area contributed by atoms with E-state index in [1.807, 2.05) is 48.5 Å². The summed E-state index contributed by atoms with van der Waals surface area (Å²) in [5.74, 6) is 1.11. The average Bonchev–Trinajstić information content (AvgIpc) is 3.18. The number of amides is 1. The van der Waals surface area contributed by atoms with Gasteiger partial charge >= 0.3 is 0 Å². The van der Waals surface area contributed by atoms with Crippen molar-refractivity contribution in [2.45, 2.75) is 13.3 Å². The van der Waals surface area contributed by atoms with Crippen LogP contribution in [0.15, 0.2) is 66.7 Å². The molecule has 1 heterocycles. The van der Waals surface area contributed by atoms with Crippen LogP contribution in [0.1, 0.15) is 22.8 Å². The van der Waals surface area contributed by atoms with Crippen LogP contribution in [0, 0.1) is 0 Å². The number of aromatic nitrogens is 2. The lowest BCUT2D eigenvalue weighted by molar-refractivity contribution is -0.115. The summed E-state index contributed by atoms with van der Waals surface area (Å²) in [4.78, 5) is 32.0. The Morgan fingerprint density at radius 1 is 1.03 bits per heavy atom. The van der Waals surface area contributed by atoms with Crippen molar-refractivity contribution in [3.8, 4) is 17.1 Å². The number of fused-ring (bicyclic) bond motifs is 1. The maximum atomic E-state index is 12.5. The predicted molar refractivity (Wildman–Crippen MR) is 117 cm³/mol. The Morgan fingerprint density at radius 2 is 1.80 bits per heavy atom. The van der Waals surface area contributed by atoms with E-state index in [9.17, 15) is 9.59 Å². The fourth-order valence-electron chi connectivity index (χ4n) is 3.31. The number of nitrogens with one attached hydrogen (secondary N) is 2. The largest absolute Gasteiger partial charge is 0.496 e. The van der Waals surface area contributed by atoms with E-state index < -0.39 is 0 Å². The normalized spacial score (nSPS) is 10.7. The zero-order valence-electron chi connectivity index (χ0n) is 16.7. The Kier molecular flexibility index (Phi) is 5.30. The molecular weight excluding hydrogens is 378 g/mol. The zero-order valence-corrected chi connectivity index (χ0v) is 16.7. The Bertz CT molecular complexity index is 1190. The summed E-state index contributed by atoms with van der Waals surface area (Å²) in [5, 5.41) is 2.89. The second kappa shape index (κ2) is 8.21. The van der Waals surface area contributed by atoms with E-state index in [1.165, 1.54) is 6.92 Å². The molecular formula is C24H21N3O3. The van der Waals surface area contributed by atoms with Crippen LogP contribution in [-0.2, 0) is 11.2 Å². The summed E-state index contributed by atoms with van der Waals surface area (Å²) in [6, 6.07) is 20.4. The Morgan fingerprint density at radius 3 is 2.50 bits per heavy atom. The van der Waals surface area contributed by atoms with Gasteiger partial charge in [0, 0.05) is 22.4 Å². The summed E-state index contributed by atoms with van der Waals surface area (Å²) in [7, 11) is 1.54. The Labute approximate surface area is 173 Å². The second-order valence-corrected chi connectivity index (χ2v) is 6.99. The number of imidazole rings is 1. The number of nitrogens with zero attached hydrogens (tertiary/aromatic N) is 1. The molecule has 0 saturated heterocycles. The van der Waals surface area contributed by atoms with E-state index in [4.69, 9.17) is 4.74 Å². The van der Waals surface area contributed by atoms with Crippen LogP contribution in [-0.4, -0.2) is 28.8 Å². The highest BCUT2D eigenvalue weighted by molar-refractivity contribution is 5.96. The summed E-state index contributed by atoms with van der Waals surface area (Å²) >= 11 is 0. The van der Waals surface area contributed by atoms with Gasteiger partial charge in [-0.15, -0.1) is 0 Å². The van der Waals surface area contributed by atoms with E-state index in [-0.39, 0.29) is 18.1 Å². The third kappa shape index (κ3) is 4.07. The maximum absolute atomic E-state index is 12.5. The number of Topliss-reactive ketones (excluding diaryl/α,β-unsaturated/α-hetero) is 1. The number of anilines is 1. The number of methoxy groups -OCH3 is 1. The highest BCUT2D eigenvalue weighted by Gasteiger charge is 2.12. The van der Waals surface area contributed by atoms with Crippen molar-refractivity contribution < 1.29 is 14.3 Å². The molecule has 0 aliphatic heterocycles. The molecule has 0 atom stereocenters. The molecule has 0 spiro atoms. The van der Waals surface area contributed by atoms with Gasteiger partial charge in [0.25, 0.3) is 0 Å². The number of ketones is 1. The number of carbonyl (C=O) groups excluding carboxylic acids is 2. The molecule has 150 valence electrons. The zero-order chi connectivity index (χ0) is 21.1. The smallest absolute Gasteiger partial charge is 0.228 e. The van der Waals surface area contributed by atoms with Gasteiger partial charge in [-0.1, -0.05) is 12.1 Å². The van der Waals surface area contributed by atoms with Gasteiger partial charge < -0.3 is 15.0 Å². The monoisotopic (exact) mass is 399 g/mol. The van der Waals surface area contributed by atoms with Crippen LogP contribution >= 0.6 is 0 Å². The van der Waals surface area contributed by atoms with E-state index in [2.05, 4.69) is 15.3 Å². The van der Waals surface area contributed by atoms with Gasteiger partial charge in [-0.3, -0.25) is 9.59 Å². The molecule has 6 nitrogen and oxygen atoms in total. The first-order valence-electron chi connectivity index (χ1n) is 9.56. The van der Waals surface area contributed by atoms with Crippen LogP contribution in [0.3, 0.4) is 0 Å². The number of rotatable bonds is 6. The number of carbonyl (C=O) groups is 2. The fraction of sp³-hybridized carbons (Fsp3) is 0.125. The van der Waals surface area contributed by atoms with Gasteiger partial charge in [-0.05, 0) is 61.5 Å². The van der Waals surface area contributed by atoms with Gasteiger partial charge in [0.05, 0.1) is 24.6 Å². The SMILES string of the molecule is COc1ccc(C(C)=O)cc1CC(=O)Nc1ccc(-c2nc3ccccc3[nH]2)cc1. The lowest BCUT2D eigenvalue weighted by atomic mass is 10.0. The molecule has 0 fully saturated rings. The molecule has 0 radical (unpaired) electrons. The fourth-order valence-corrected chi connectivity index (χ4v) is 3.31. The number of benzene rings is 3. The van der Waals surface area contributed by atoms with Crippen LogP contribution in [0.4, 0.5) is 5.69 Å². The van der Waals surface area contributed by atoms with Crippen LogP contribution in [0.5, 0.6) is 5.75 Å². The third-order valence-electron chi connectivity index (χ3n) is 4.87. The summed E-state index contributed by atoms with van der Waals surface area (Å²) in [5.41, 5.74) is 4.72. The molecule has 0 aliphatic rings. The van der Waals surface area contributed by atoms with Crippen molar-refractivity contribution >= 4 is 28.4 Å². The molecule has 0 unspecified atom stereocenters. The van der Waals surface area contributed by atoms with E-state index in [0.29, 0.717) is 22.6 Å². The lowest BCUT2D eigenvalue weighted by Gasteiger charge is -2.11. The highest BCUT2D eigenvalue weighted by Crippen LogP contribution is 2.23. The van der Waals surface area contributed by atoms with Crippen LogP contribution in [0.25, 0.3) is 22.4 Å². The molecule has 1 aromatic heterocycles. The molecule has 4 aromatic rings. The number of ether oxygens (including phenoxy) is 1. The molecule has 2 N–H and O–H groups in total. The first kappa shape index (κ1) is 19.4. The molecule has 6 heteroatoms. The van der Waals surface area contributed by atoms with Crippen LogP contribution < -0.4 is 10.1 Å². The molecule has 0 bridgehead atoms. The van der Waals surface area contributed by atoms with Crippen molar-refractivity contribution in [1.82, 2.24) is 9.97 Å². The number of H-pyrrole nitrogens is 1. The summed E-state index contributed by atoms with van der Waals surface area (Å²) < 4.78 is 5.32. The second-order valence-electron chi connectivity index (χ2n) is 6.99. The van der Waals surface area contributed by atoms with Crippen LogP contribution in [0.2, 0.25) is 0 Å². The first-order chi connectivity index (χ1) is 14.5. The van der Waals surface area contributed by atoms with Crippen molar-refractivity contribution in [2.75, 3.05) is 12.4 Å². The van der Waals surface area contributed by atoms with E-state index >= 15 is 0 Å². The molecule has 0 saturated carbocycles. The Balaban J connectivity index is 1.47. The van der Waals surface area contributed by atoms with Gasteiger partial charge in [0.2, 0.25) is 5.91 Å².